The second-order valence-corrected chi connectivity index (χ2v) is 9.50. The molecule has 3 aromatic heterocycles. The molecule has 0 saturated carbocycles. The van der Waals surface area contributed by atoms with Crippen molar-refractivity contribution in [2.75, 3.05) is 25.5 Å². The maximum absolute atomic E-state index is 12.8. The van der Waals surface area contributed by atoms with Crippen molar-refractivity contribution in [3.63, 3.8) is 0 Å². The summed E-state index contributed by atoms with van der Waals surface area (Å²) < 4.78 is 60.9. The molecule has 3 N–H and O–H groups in total. The van der Waals surface area contributed by atoms with E-state index in [9.17, 15) is 26.7 Å². The normalized spacial score (nSPS) is 11.2. The molecule has 0 saturated heterocycles. The molecule has 4 rings (SSSR count). The van der Waals surface area contributed by atoms with Crippen LogP contribution in [-0.2, 0) is 17.9 Å². The number of benzene rings is 1. The Morgan fingerprint density at radius 1 is 1.13 bits per heavy atom. The lowest BCUT2D eigenvalue weighted by Gasteiger charge is -2.11. The van der Waals surface area contributed by atoms with Crippen LogP contribution in [0.15, 0.2) is 65.4 Å². The molecule has 0 radical (unpaired) electrons. The Hall–Kier alpha value is -4.11. The molecule has 208 valence electrons. The average molecular weight is 571 g/mol. The highest BCUT2D eigenvalue weighted by Crippen LogP contribution is 2.31. The summed E-state index contributed by atoms with van der Waals surface area (Å²) in [5.41, 5.74) is 6.65. The number of pyridine rings is 1. The van der Waals surface area contributed by atoms with E-state index in [0.717, 1.165) is 36.6 Å². The number of hydrogen-bond donors (Lipinski definition) is 2. The van der Waals surface area contributed by atoms with Crippen LogP contribution in [0.5, 0.6) is 0 Å². The predicted octanol–water partition coefficient (Wildman–Crippen LogP) is 4.18. The summed E-state index contributed by atoms with van der Waals surface area (Å²) >= 11 is 1.58. The molecule has 0 amide bonds. The summed E-state index contributed by atoms with van der Waals surface area (Å²) in [4.78, 5) is 28.8. The van der Waals surface area contributed by atoms with Gasteiger partial charge >= 0.3 is 17.8 Å². The van der Waals surface area contributed by atoms with Gasteiger partial charge in [-0.05, 0) is 35.2 Å². The summed E-state index contributed by atoms with van der Waals surface area (Å²) in [6, 6.07) is 12.2. The van der Waals surface area contributed by atoms with Crippen molar-refractivity contribution >= 4 is 33.2 Å². The fourth-order valence-corrected chi connectivity index (χ4v) is 4.41. The molecule has 0 atom stereocenters. The second kappa shape index (κ2) is 12.2. The second-order valence-electron chi connectivity index (χ2n) is 8.33. The van der Waals surface area contributed by atoms with Gasteiger partial charge in [-0.2, -0.15) is 27.1 Å². The number of aliphatic carboxylic acids is 1. The van der Waals surface area contributed by atoms with Gasteiger partial charge in [0, 0.05) is 47.6 Å². The number of nitrogens with zero attached hydrogens (tertiary/aromatic N) is 5. The maximum atomic E-state index is 12.8. The molecule has 0 fully saturated rings. The lowest BCUT2D eigenvalue weighted by Crippen LogP contribution is -2.27. The minimum Gasteiger partial charge on any atom is -0.475 e. The summed E-state index contributed by atoms with van der Waals surface area (Å²) in [6.07, 6.45) is -3.75. The lowest BCUT2D eigenvalue weighted by molar-refractivity contribution is -0.192. The van der Waals surface area contributed by atoms with Gasteiger partial charge in [0.1, 0.15) is 12.1 Å². The van der Waals surface area contributed by atoms with Crippen molar-refractivity contribution in [2.45, 2.75) is 19.3 Å². The Bertz CT molecular complexity index is 1540. The highest BCUT2D eigenvalue weighted by atomic mass is 32.1. The Morgan fingerprint density at radius 2 is 1.79 bits per heavy atom. The molecule has 15 heteroatoms. The molecule has 4 aromatic rings. The van der Waals surface area contributed by atoms with E-state index in [2.05, 4.69) is 16.1 Å². The Kier molecular flexibility index (Phi) is 9.19. The number of carboxylic acids is 1. The first-order valence-corrected chi connectivity index (χ1v) is 11.9. The fraction of sp³-hybridized carbons (Fsp3) is 0.250. The highest BCUT2D eigenvalue weighted by molar-refractivity contribution is 7.19. The van der Waals surface area contributed by atoms with Crippen molar-refractivity contribution < 1.29 is 31.9 Å². The van der Waals surface area contributed by atoms with Gasteiger partial charge in [-0.1, -0.05) is 12.1 Å². The van der Waals surface area contributed by atoms with Crippen molar-refractivity contribution in [3.05, 3.63) is 75.9 Å². The van der Waals surface area contributed by atoms with Gasteiger partial charge in [-0.3, -0.25) is 4.57 Å². The number of nitrogens with two attached hydrogens (primary N) is 1. The number of anilines is 1. The third-order valence-corrected chi connectivity index (χ3v) is 6.41. The molecule has 0 unspecified atom stereocenters. The van der Waals surface area contributed by atoms with Crippen molar-refractivity contribution in [1.29, 1.82) is 0 Å². The van der Waals surface area contributed by atoms with Crippen molar-refractivity contribution in [2.24, 2.45) is 5.73 Å². The van der Waals surface area contributed by atoms with Gasteiger partial charge < -0.3 is 15.7 Å². The third kappa shape index (κ3) is 7.48. The molecule has 9 nitrogen and oxygen atoms in total. The van der Waals surface area contributed by atoms with Crippen molar-refractivity contribution in [1.82, 2.24) is 19.3 Å². The van der Waals surface area contributed by atoms with E-state index < -0.39 is 23.9 Å². The Labute approximate surface area is 222 Å². The van der Waals surface area contributed by atoms with Crippen LogP contribution in [0, 0.1) is 0 Å². The zero-order valence-electron chi connectivity index (χ0n) is 20.6. The fourth-order valence-electron chi connectivity index (χ4n) is 3.30. The minimum atomic E-state index is -5.08. The van der Waals surface area contributed by atoms with E-state index in [0.29, 0.717) is 6.54 Å². The summed E-state index contributed by atoms with van der Waals surface area (Å²) in [6.45, 7) is -0.332. The van der Waals surface area contributed by atoms with E-state index >= 15 is 0 Å². The molecule has 0 aliphatic heterocycles. The molecule has 3 heterocycles. The molecule has 39 heavy (non-hydrogen) atoms. The largest absolute Gasteiger partial charge is 0.490 e. The smallest absolute Gasteiger partial charge is 0.475 e. The maximum Gasteiger partial charge on any atom is 0.490 e. The van der Waals surface area contributed by atoms with Crippen LogP contribution in [-0.4, -0.2) is 57.2 Å². The molecule has 0 spiro atoms. The summed E-state index contributed by atoms with van der Waals surface area (Å²) in [5.74, 6) is -1.87. The number of rotatable bonds is 7. The highest BCUT2D eigenvalue weighted by Gasteiger charge is 2.38. The average Bonchev–Trinajstić information content (AvgIpc) is 3.44. The first-order chi connectivity index (χ1) is 18.3. The standard InChI is InChI=1S/C22H22F2N6OS.C2HF3O2/c1-28(2)20-6-5-16(10-26-20)14-3-4-15-7-18(32-19(15)8-14)12-29-13-27-30(22(29)31)11-17(9-25)21(23)24;3-2(4,5)1(6)7/h3-8,10,13H,9,11-12,25H2,1-2H3;(H,6,7). The number of fused-ring (bicyclic) bond motifs is 1. The molecule has 0 aliphatic rings. The Morgan fingerprint density at radius 3 is 2.33 bits per heavy atom. The number of thiophene rings is 1. The molecule has 1 aromatic carbocycles. The summed E-state index contributed by atoms with van der Waals surface area (Å²) in [5, 5.41) is 12.1. The molecule has 0 aliphatic carbocycles. The van der Waals surface area contributed by atoms with E-state index in [-0.39, 0.29) is 18.7 Å². The zero-order valence-corrected chi connectivity index (χ0v) is 21.4. The van der Waals surface area contributed by atoms with Gasteiger partial charge in [0.25, 0.3) is 6.08 Å². The zero-order chi connectivity index (χ0) is 28.9. The first kappa shape index (κ1) is 29.4. The SMILES string of the molecule is CN(C)c1ccc(-c2ccc3cc(Cn4cnn(CC(CN)=C(F)F)c4=O)sc3c2)cn1.O=C(O)C(F)(F)F. The van der Waals surface area contributed by atoms with E-state index in [1.54, 1.807) is 11.3 Å². The van der Waals surface area contributed by atoms with Gasteiger partial charge in [0.2, 0.25) is 0 Å². The number of halogens is 5. The minimum absolute atomic E-state index is 0.306. The first-order valence-electron chi connectivity index (χ1n) is 11.1. The van der Waals surface area contributed by atoms with Gasteiger partial charge in [0.15, 0.2) is 0 Å². The van der Waals surface area contributed by atoms with E-state index in [1.165, 1.54) is 10.9 Å². The quantitative estimate of drug-likeness (QED) is 0.320. The van der Waals surface area contributed by atoms with E-state index in [1.807, 2.05) is 55.5 Å². The van der Waals surface area contributed by atoms with Crippen LogP contribution in [0.25, 0.3) is 21.2 Å². The topological polar surface area (TPSA) is 119 Å². The van der Waals surface area contributed by atoms with Gasteiger partial charge in [-0.15, -0.1) is 11.3 Å². The number of carbonyl (C=O) groups is 1. The Balaban J connectivity index is 0.000000532. The van der Waals surface area contributed by atoms with Crippen LogP contribution < -0.4 is 16.3 Å². The van der Waals surface area contributed by atoms with Crippen LogP contribution in [0.2, 0.25) is 0 Å². The number of aromatic nitrogens is 4. The summed E-state index contributed by atoms with van der Waals surface area (Å²) in [7, 11) is 3.90. The van der Waals surface area contributed by atoms with Crippen LogP contribution >= 0.6 is 11.3 Å². The number of carboxylic acid groups (broad SMARTS) is 1. The van der Waals surface area contributed by atoms with Gasteiger partial charge in [0.05, 0.1) is 13.1 Å². The van der Waals surface area contributed by atoms with Crippen LogP contribution in [0.1, 0.15) is 4.88 Å². The monoisotopic (exact) mass is 570 g/mol. The van der Waals surface area contributed by atoms with Crippen LogP contribution in [0.3, 0.4) is 0 Å². The predicted molar refractivity (Wildman–Crippen MR) is 137 cm³/mol. The number of alkyl halides is 3. The third-order valence-electron chi connectivity index (χ3n) is 5.33. The van der Waals surface area contributed by atoms with Crippen LogP contribution in [0.4, 0.5) is 27.8 Å². The molecular weight excluding hydrogens is 547 g/mol. The van der Waals surface area contributed by atoms with Gasteiger partial charge in [-0.25, -0.2) is 19.3 Å². The number of hydrogen-bond acceptors (Lipinski definition) is 7. The van der Waals surface area contributed by atoms with E-state index in [4.69, 9.17) is 15.6 Å². The molecule has 0 bridgehead atoms. The lowest BCUT2D eigenvalue weighted by atomic mass is 10.1. The molecular formula is C24H23F5N6O3S. The van der Waals surface area contributed by atoms with Crippen molar-refractivity contribution in [3.8, 4) is 11.1 Å².